The Balaban J connectivity index is 1.29. The Morgan fingerprint density at radius 1 is 0.432 bits per heavy atom. The second-order valence-electron chi connectivity index (χ2n) is 10.7. The number of furan rings is 1. The van der Waals surface area contributed by atoms with Gasteiger partial charge in [-0.2, -0.15) is 0 Å². The van der Waals surface area contributed by atoms with Crippen LogP contribution in [0.15, 0.2) is 144 Å². The maximum absolute atomic E-state index is 6.11. The van der Waals surface area contributed by atoms with Gasteiger partial charge in [0.05, 0.1) is 16.7 Å². The topological polar surface area (TPSA) is 69.6 Å². The van der Waals surface area contributed by atoms with Crippen molar-refractivity contribution in [3.63, 3.8) is 0 Å². The standard InChI is InChI=1S/C38H23N5O/c1-2-12-24(13-3-1)35-40-36(42-37(41-35)30-23-22-28-27-16-7-11-21-34(27)44-38(28)39-30)29-17-6-10-20-33(29)43-31-18-8-4-14-25(31)26-15-5-9-19-32(26)43/h1-23H. The molecule has 0 saturated heterocycles. The van der Waals surface area contributed by atoms with Gasteiger partial charge in [0.25, 0.3) is 0 Å². The average Bonchev–Trinajstić information content (AvgIpc) is 3.64. The van der Waals surface area contributed by atoms with Crippen molar-refractivity contribution in [2.24, 2.45) is 0 Å². The third-order valence-electron chi connectivity index (χ3n) is 8.11. The summed E-state index contributed by atoms with van der Waals surface area (Å²) in [5, 5.41) is 4.38. The second kappa shape index (κ2) is 9.71. The van der Waals surface area contributed by atoms with E-state index in [2.05, 4.69) is 71.3 Å². The molecule has 5 aromatic carbocycles. The summed E-state index contributed by atoms with van der Waals surface area (Å²) in [5.41, 5.74) is 6.99. The van der Waals surface area contributed by atoms with Crippen molar-refractivity contribution < 1.29 is 4.42 Å². The number of rotatable bonds is 4. The van der Waals surface area contributed by atoms with Crippen LogP contribution in [0.25, 0.3) is 83.9 Å². The molecule has 0 fully saturated rings. The van der Waals surface area contributed by atoms with Gasteiger partial charge < -0.3 is 8.98 Å². The Kier molecular flexibility index (Phi) is 5.40. The molecule has 9 aromatic rings. The molecule has 0 N–H and O–H groups in total. The van der Waals surface area contributed by atoms with Crippen molar-refractivity contribution >= 4 is 43.9 Å². The van der Waals surface area contributed by atoms with Gasteiger partial charge in [-0.3, -0.25) is 0 Å². The molecule has 0 aliphatic rings. The molecule has 0 spiro atoms. The van der Waals surface area contributed by atoms with Crippen molar-refractivity contribution in [2.45, 2.75) is 0 Å². The molecule has 0 unspecified atom stereocenters. The quantitative estimate of drug-likeness (QED) is 0.213. The van der Waals surface area contributed by atoms with Crippen LogP contribution in [0.3, 0.4) is 0 Å². The largest absolute Gasteiger partial charge is 0.438 e. The lowest BCUT2D eigenvalue weighted by atomic mass is 10.1. The van der Waals surface area contributed by atoms with Crippen LogP contribution in [0.1, 0.15) is 0 Å². The molecule has 206 valence electrons. The molecule has 4 aromatic heterocycles. The highest BCUT2D eigenvalue weighted by Gasteiger charge is 2.19. The van der Waals surface area contributed by atoms with Crippen LogP contribution < -0.4 is 0 Å². The first-order chi connectivity index (χ1) is 21.8. The zero-order valence-corrected chi connectivity index (χ0v) is 23.4. The van der Waals surface area contributed by atoms with Crippen molar-refractivity contribution in [3.05, 3.63) is 140 Å². The van der Waals surface area contributed by atoms with Crippen LogP contribution in [0.2, 0.25) is 0 Å². The van der Waals surface area contributed by atoms with Gasteiger partial charge in [-0.25, -0.2) is 19.9 Å². The minimum Gasteiger partial charge on any atom is -0.438 e. The van der Waals surface area contributed by atoms with Crippen molar-refractivity contribution in [2.75, 3.05) is 0 Å². The number of aromatic nitrogens is 5. The molecule has 0 aliphatic heterocycles. The summed E-state index contributed by atoms with van der Waals surface area (Å²) in [6.07, 6.45) is 0. The molecular formula is C38H23N5O. The highest BCUT2D eigenvalue weighted by molar-refractivity contribution is 6.09. The van der Waals surface area contributed by atoms with E-state index in [1.54, 1.807) is 0 Å². The Bertz CT molecular complexity index is 2460. The average molecular weight is 566 g/mol. The van der Waals surface area contributed by atoms with E-state index < -0.39 is 0 Å². The van der Waals surface area contributed by atoms with E-state index in [0.29, 0.717) is 28.9 Å². The van der Waals surface area contributed by atoms with E-state index in [1.165, 1.54) is 10.8 Å². The smallest absolute Gasteiger partial charge is 0.227 e. The number of hydrogen-bond acceptors (Lipinski definition) is 5. The maximum atomic E-state index is 6.11. The number of fused-ring (bicyclic) bond motifs is 6. The van der Waals surface area contributed by atoms with E-state index in [9.17, 15) is 0 Å². The van der Waals surface area contributed by atoms with Crippen LogP contribution >= 0.6 is 0 Å². The molecule has 6 heteroatoms. The summed E-state index contributed by atoms with van der Waals surface area (Å²) in [7, 11) is 0. The van der Waals surface area contributed by atoms with E-state index in [4.69, 9.17) is 24.4 Å². The van der Waals surface area contributed by atoms with Crippen molar-refractivity contribution in [1.82, 2.24) is 24.5 Å². The minimum atomic E-state index is 0.480. The monoisotopic (exact) mass is 565 g/mol. The fourth-order valence-corrected chi connectivity index (χ4v) is 6.10. The molecule has 44 heavy (non-hydrogen) atoms. The highest BCUT2D eigenvalue weighted by Crippen LogP contribution is 2.36. The first-order valence-electron chi connectivity index (χ1n) is 14.5. The SMILES string of the molecule is c1ccc(-c2nc(-c3ccc4c(n3)oc3ccccc34)nc(-c3ccccc3-n3c4ccccc4c4ccccc43)n2)cc1. The predicted octanol–water partition coefficient (Wildman–Crippen LogP) is 9.26. The third-order valence-corrected chi connectivity index (χ3v) is 8.11. The van der Waals surface area contributed by atoms with Gasteiger partial charge in [0, 0.05) is 32.7 Å². The summed E-state index contributed by atoms with van der Waals surface area (Å²) in [4.78, 5) is 19.9. The van der Waals surface area contributed by atoms with Gasteiger partial charge in [-0.1, -0.05) is 97.1 Å². The molecule has 4 heterocycles. The van der Waals surface area contributed by atoms with E-state index in [0.717, 1.165) is 44.2 Å². The number of hydrogen-bond donors (Lipinski definition) is 0. The van der Waals surface area contributed by atoms with Gasteiger partial charge in [0.1, 0.15) is 11.3 Å². The first-order valence-corrected chi connectivity index (χ1v) is 14.5. The van der Waals surface area contributed by atoms with Crippen LogP contribution in [0.4, 0.5) is 0 Å². The van der Waals surface area contributed by atoms with Gasteiger partial charge in [0.2, 0.25) is 5.71 Å². The van der Waals surface area contributed by atoms with Crippen LogP contribution in [-0.2, 0) is 0 Å². The number of benzene rings is 5. The molecule has 0 bridgehead atoms. The Labute approximate surface area is 251 Å². The first kappa shape index (κ1) is 24.5. The molecular weight excluding hydrogens is 542 g/mol. The molecule has 0 atom stereocenters. The van der Waals surface area contributed by atoms with Gasteiger partial charge in [0.15, 0.2) is 17.5 Å². The summed E-state index contributed by atoms with van der Waals surface area (Å²) in [6, 6.07) is 47.2. The van der Waals surface area contributed by atoms with Gasteiger partial charge in [-0.05, 0) is 42.5 Å². The number of para-hydroxylation sites is 4. The van der Waals surface area contributed by atoms with Gasteiger partial charge >= 0.3 is 0 Å². The molecule has 6 nitrogen and oxygen atoms in total. The fraction of sp³-hybridized carbons (Fsp3) is 0. The van der Waals surface area contributed by atoms with Crippen molar-refractivity contribution in [3.8, 4) is 40.0 Å². The highest BCUT2D eigenvalue weighted by atomic mass is 16.3. The summed E-state index contributed by atoms with van der Waals surface area (Å²) in [5.74, 6) is 1.63. The summed E-state index contributed by atoms with van der Waals surface area (Å²) < 4.78 is 8.40. The zero-order valence-electron chi connectivity index (χ0n) is 23.4. The Morgan fingerprint density at radius 3 is 1.84 bits per heavy atom. The third kappa shape index (κ3) is 3.82. The normalized spacial score (nSPS) is 11.6. The molecule has 0 radical (unpaired) electrons. The molecule has 0 amide bonds. The van der Waals surface area contributed by atoms with E-state index >= 15 is 0 Å². The van der Waals surface area contributed by atoms with Crippen molar-refractivity contribution in [1.29, 1.82) is 0 Å². The lowest BCUT2D eigenvalue weighted by Crippen LogP contribution is -2.04. The van der Waals surface area contributed by atoms with Crippen LogP contribution in [-0.4, -0.2) is 24.5 Å². The minimum absolute atomic E-state index is 0.480. The number of nitrogens with zero attached hydrogens (tertiary/aromatic N) is 5. The summed E-state index contributed by atoms with van der Waals surface area (Å²) >= 11 is 0. The number of pyridine rings is 1. The van der Waals surface area contributed by atoms with E-state index in [1.807, 2.05) is 72.8 Å². The fourth-order valence-electron chi connectivity index (χ4n) is 6.10. The molecule has 9 rings (SSSR count). The Hall–Kier alpha value is -6.14. The molecule has 0 saturated carbocycles. The second-order valence-corrected chi connectivity index (χ2v) is 10.7. The molecule has 0 aliphatic carbocycles. The lowest BCUT2D eigenvalue weighted by molar-refractivity contribution is 0.654. The maximum Gasteiger partial charge on any atom is 0.227 e. The van der Waals surface area contributed by atoms with Gasteiger partial charge in [-0.15, -0.1) is 0 Å². The predicted molar refractivity (Wildman–Crippen MR) is 176 cm³/mol. The van der Waals surface area contributed by atoms with Crippen LogP contribution in [0.5, 0.6) is 0 Å². The van der Waals surface area contributed by atoms with Crippen LogP contribution in [0, 0.1) is 0 Å². The lowest BCUT2D eigenvalue weighted by Gasteiger charge is -2.14. The Morgan fingerprint density at radius 2 is 1.05 bits per heavy atom. The summed E-state index contributed by atoms with van der Waals surface area (Å²) in [6.45, 7) is 0. The zero-order chi connectivity index (χ0) is 29.0. The van der Waals surface area contributed by atoms with E-state index in [-0.39, 0.29) is 0 Å².